The number of rotatable bonds is 5. The third-order valence-corrected chi connectivity index (χ3v) is 2.49. The molecule has 0 saturated carbocycles. The first-order valence-corrected chi connectivity index (χ1v) is 5.69. The second kappa shape index (κ2) is 7.06. The Labute approximate surface area is 113 Å². The van der Waals surface area contributed by atoms with Crippen LogP contribution in [-0.4, -0.2) is 24.7 Å². The first kappa shape index (κ1) is 16.2. The van der Waals surface area contributed by atoms with E-state index in [0.29, 0.717) is 5.56 Å². The molecular formula is C13H14F3NO3. The van der Waals surface area contributed by atoms with Crippen molar-refractivity contribution < 1.29 is 27.9 Å². The molecule has 0 spiro atoms. The SMILES string of the molecule is CONC(=O)c1cc(C(F)(F)F)ccc1C/C=C/CO. The molecule has 0 atom stereocenters. The van der Waals surface area contributed by atoms with Crippen LogP contribution in [0.2, 0.25) is 0 Å². The Hall–Kier alpha value is -1.86. The van der Waals surface area contributed by atoms with E-state index in [2.05, 4.69) is 4.84 Å². The summed E-state index contributed by atoms with van der Waals surface area (Å²) in [6, 6.07) is 2.91. The van der Waals surface area contributed by atoms with E-state index < -0.39 is 17.6 Å². The second-order valence-electron chi connectivity index (χ2n) is 3.86. The van der Waals surface area contributed by atoms with Crippen LogP contribution in [0.1, 0.15) is 21.5 Å². The maximum absolute atomic E-state index is 12.6. The number of hydroxylamine groups is 1. The Bertz CT molecular complexity index is 498. The lowest BCUT2D eigenvalue weighted by atomic mass is 10.0. The van der Waals surface area contributed by atoms with Crippen LogP contribution < -0.4 is 5.48 Å². The highest BCUT2D eigenvalue weighted by Crippen LogP contribution is 2.30. The normalized spacial score (nSPS) is 11.8. The van der Waals surface area contributed by atoms with Gasteiger partial charge in [0.2, 0.25) is 0 Å². The van der Waals surface area contributed by atoms with E-state index in [4.69, 9.17) is 5.11 Å². The van der Waals surface area contributed by atoms with Gasteiger partial charge in [0.05, 0.1) is 19.3 Å². The first-order valence-electron chi connectivity index (χ1n) is 5.69. The van der Waals surface area contributed by atoms with Crippen molar-refractivity contribution in [2.24, 2.45) is 0 Å². The number of amides is 1. The van der Waals surface area contributed by atoms with E-state index in [-0.39, 0.29) is 18.6 Å². The lowest BCUT2D eigenvalue weighted by Gasteiger charge is -2.12. The van der Waals surface area contributed by atoms with Crippen LogP contribution in [-0.2, 0) is 17.4 Å². The van der Waals surface area contributed by atoms with E-state index in [0.717, 1.165) is 12.1 Å². The Morgan fingerprint density at radius 2 is 2.10 bits per heavy atom. The molecule has 0 heterocycles. The van der Waals surface area contributed by atoms with Crippen molar-refractivity contribution in [3.05, 3.63) is 47.0 Å². The number of carbonyl (C=O) groups is 1. The topological polar surface area (TPSA) is 58.6 Å². The highest BCUT2D eigenvalue weighted by Gasteiger charge is 2.31. The molecule has 110 valence electrons. The van der Waals surface area contributed by atoms with Gasteiger partial charge in [0.1, 0.15) is 0 Å². The molecule has 0 aliphatic rings. The predicted octanol–water partition coefficient (Wildman–Crippen LogP) is 2.09. The summed E-state index contributed by atoms with van der Waals surface area (Å²) in [4.78, 5) is 16.1. The molecule has 20 heavy (non-hydrogen) atoms. The standard InChI is InChI=1S/C13H14F3NO3/c1-20-17-12(19)11-8-10(13(14,15)16)6-5-9(11)4-2-3-7-18/h2-3,5-6,8,18H,4,7H2,1H3,(H,17,19)/b3-2+. The molecule has 2 N–H and O–H groups in total. The number of hydrogen-bond donors (Lipinski definition) is 2. The summed E-state index contributed by atoms with van der Waals surface area (Å²) in [5, 5.41) is 8.62. The van der Waals surface area contributed by atoms with Crippen molar-refractivity contribution in [1.29, 1.82) is 0 Å². The maximum atomic E-state index is 12.6. The number of benzene rings is 1. The van der Waals surface area contributed by atoms with Gasteiger partial charge in [-0.2, -0.15) is 13.2 Å². The predicted molar refractivity (Wildman–Crippen MR) is 65.8 cm³/mol. The molecule has 0 fully saturated rings. The van der Waals surface area contributed by atoms with Crippen molar-refractivity contribution in [1.82, 2.24) is 5.48 Å². The van der Waals surface area contributed by atoms with Crippen molar-refractivity contribution in [3.8, 4) is 0 Å². The fourth-order valence-electron chi connectivity index (χ4n) is 1.57. The number of allylic oxidation sites excluding steroid dienone is 1. The largest absolute Gasteiger partial charge is 0.416 e. The molecular weight excluding hydrogens is 275 g/mol. The number of carbonyl (C=O) groups excluding carboxylic acids is 1. The summed E-state index contributed by atoms with van der Waals surface area (Å²) < 4.78 is 37.9. The molecule has 0 unspecified atom stereocenters. The number of alkyl halides is 3. The van der Waals surface area contributed by atoms with E-state index >= 15 is 0 Å². The monoisotopic (exact) mass is 289 g/mol. The Kier molecular flexibility index (Phi) is 5.72. The van der Waals surface area contributed by atoms with Crippen LogP contribution in [0.5, 0.6) is 0 Å². The molecule has 0 radical (unpaired) electrons. The molecule has 0 aliphatic carbocycles. The highest BCUT2D eigenvalue weighted by atomic mass is 19.4. The van der Waals surface area contributed by atoms with Crippen LogP contribution in [0.25, 0.3) is 0 Å². The summed E-state index contributed by atoms with van der Waals surface area (Å²) in [6.07, 6.45) is -1.30. The van der Waals surface area contributed by atoms with Gasteiger partial charge < -0.3 is 5.11 Å². The van der Waals surface area contributed by atoms with Crippen molar-refractivity contribution >= 4 is 5.91 Å². The van der Waals surface area contributed by atoms with Gasteiger partial charge in [-0.05, 0) is 24.1 Å². The third-order valence-electron chi connectivity index (χ3n) is 2.49. The minimum atomic E-state index is -4.53. The van der Waals surface area contributed by atoms with Crippen LogP contribution >= 0.6 is 0 Å². The van der Waals surface area contributed by atoms with E-state index in [1.165, 1.54) is 19.3 Å². The van der Waals surface area contributed by atoms with Gasteiger partial charge in [-0.1, -0.05) is 18.2 Å². The first-order chi connectivity index (χ1) is 9.40. The number of halogens is 3. The molecule has 1 aromatic carbocycles. The Morgan fingerprint density at radius 1 is 1.40 bits per heavy atom. The molecule has 0 bridgehead atoms. The second-order valence-corrected chi connectivity index (χ2v) is 3.86. The number of nitrogens with one attached hydrogen (secondary N) is 1. The van der Waals surface area contributed by atoms with Gasteiger partial charge in [-0.25, -0.2) is 5.48 Å². The minimum Gasteiger partial charge on any atom is -0.392 e. The van der Waals surface area contributed by atoms with Gasteiger partial charge in [0.15, 0.2) is 0 Å². The molecule has 1 amide bonds. The van der Waals surface area contributed by atoms with Crippen molar-refractivity contribution in [3.63, 3.8) is 0 Å². The average molecular weight is 289 g/mol. The molecule has 4 nitrogen and oxygen atoms in total. The lowest BCUT2D eigenvalue weighted by molar-refractivity contribution is -0.137. The molecule has 1 aromatic rings. The zero-order valence-electron chi connectivity index (χ0n) is 10.7. The zero-order chi connectivity index (χ0) is 15.2. The highest BCUT2D eigenvalue weighted by molar-refractivity contribution is 5.95. The third kappa shape index (κ3) is 4.36. The Morgan fingerprint density at radius 3 is 2.65 bits per heavy atom. The van der Waals surface area contributed by atoms with Gasteiger partial charge >= 0.3 is 6.18 Å². The summed E-state index contributed by atoms with van der Waals surface area (Å²) >= 11 is 0. The fourth-order valence-corrected chi connectivity index (χ4v) is 1.57. The average Bonchev–Trinajstić information content (AvgIpc) is 2.38. The zero-order valence-corrected chi connectivity index (χ0v) is 10.7. The van der Waals surface area contributed by atoms with Gasteiger partial charge in [-0.15, -0.1) is 0 Å². The van der Waals surface area contributed by atoms with Gasteiger partial charge in [0.25, 0.3) is 5.91 Å². The number of hydrogen-bond acceptors (Lipinski definition) is 3. The number of aliphatic hydroxyl groups excluding tert-OH is 1. The summed E-state index contributed by atoms with van der Waals surface area (Å²) in [5.74, 6) is -0.758. The van der Waals surface area contributed by atoms with E-state index in [9.17, 15) is 18.0 Å². The van der Waals surface area contributed by atoms with E-state index in [1.807, 2.05) is 5.48 Å². The van der Waals surface area contributed by atoms with Gasteiger partial charge in [0, 0.05) is 5.56 Å². The lowest BCUT2D eigenvalue weighted by Crippen LogP contribution is -2.23. The molecule has 0 saturated heterocycles. The Balaban J connectivity index is 3.16. The molecule has 0 aliphatic heterocycles. The number of aliphatic hydroxyl groups is 1. The minimum absolute atomic E-state index is 0.121. The summed E-state index contributed by atoms with van der Waals surface area (Å²) in [7, 11) is 1.19. The molecule has 1 rings (SSSR count). The van der Waals surface area contributed by atoms with Crippen LogP contribution in [0.4, 0.5) is 13.2 Å². The molecule has 0 aromatic heterocycles. The van der Waals surface area contributed by atoms with Crippen LogP contribution in [0.15, 0.2) is 30.4 Å². The van der Waals surface area contributed by atoms with Crippen LogP contribution in [0.3, 0.4) is 0 Å². The molecule has 7 heteroatoms. The van der Waals surface area contributed by atoms with Crippen LogP contribution in [0, 0.1) is 0 Å². The van der Waals surface area contributed by atoms with Crippen molar-refractivity contribution in [2.75, 3.05) is 13.7 Å². The quantitative estimate of drug-likeness (QED) is 0.644. The van der Waals surface area contributed by atoms with Gasteiger partial charge in [-0.3, -0.25) is 9.63 Å². The van der Waals surface area contributed by atoms with Crippen molar-refractivity contribution in [2.45, 2.75) is 12.6 Å². The smallest absolute Gasteiger partial charge is 0.392 e. The summed E-state index contributed by atoms with van der Waals surface area (Å²) in [6.45, 7) is -0.180. The summed E-state index contributed by atoms with van der Waals surface area (Å²) in [5.41, 5.74) is 1.36. The fraction of sp³-hybridized carbons (Fsp3) is 0.308. The van der Waals surface area contributed by atoms with E-state index in [1.54, 1.807) is 6.08 Å². The maximum Gasteiger partial charge on any atom is 0.416 e.